The second kappa shape index (κ2) is 6.42. The summed E-state index contributed by atoms with van der Waals surface area (Å²) in [6.07, 6.45) is -0.451. The number of ether oxygens (including phenoxy) is 2. The van der Waals surface area contributed by atoms with E-state index >= 15 is 0 Å². The highest BCUT2D eigenvalue weighted by molar-refractivity contribution is 5.75. The predicted octanol–water partition coefficient (Wildman–Crippen LogP) is 1.55. The van der Waals surface area contributed by atoms with Crippen LogP contribution in [0.2, 0.25) is 0 Å². The summed E-state index contributed by atoms with van der Waals surface area (Å²) < 4.78 is 49.6. The number of rotatable bonds is 5. The maximum atomic E-state index is 13.8. The summed E-state index contributed by atoms with van der Waals surface area (Å²) >= 11 is 0. The number of benzene rings is 1. The summed E-state index contributed by atoms with van der Waals surface area (Å²) in [5.41, 5.74) is 4.95. The smallest absolute Gasteiger partial charge is 0.323 e. The molecule has 2 N–H and O–H groups in total. The molecule has 0 saturated carbocycles. The molecule has 0 amide bonds. The Labute approximate surface area is 108 Å². The first-order valence-electron chi connectivity index (χ1n) is 5.54. The Bertz CT molecular complexity index is 480. The van der Waals surface area contributed by atoms with E-state index in [1.165, 1.54) is 0 Å². The summed E-state index contributed by atoms with van der Waals surface area (Å²) in [6.45, 7) is 1.68. The third-order valence-corrected chi connectivity index (χ3v) is 2.44. The molecule has 1 aromatic rings. The number of nitrogens with two attached hydrogens (primary N) is 1. The number of carbonyl (C=O) groups is 1. The van der Waals surface area contributed by atoms with Crippen molar-refractivity contribution in [3.05, 3.63) is 29.1 Å². The molecular formula is C12H14F3NO3. The molecular weight excluding hydrogens is 263 g/mol. The van der Waals surface area contributed by atoms with E-state index in [4.69, 9.17) is 5.73 Å². The van der Waals surface area contributed by atoms with E-state index in [0.29, 0.717) is 6.07 Å². The second-order valence-corrected chi connectivity index (χ2v) is 3.73. The molecule has 0 aromatic heterocycles. The van der Waals surface area contributed by atoms with Crippen molar-refractivity contribution in [2.24, 2.45) is 5.73 Å². The zero-order valence-corrected chi connectivity index (χ0v) is 10.5. The van der Waals surface area contributed by atoms with E-state index in [1.807, 2.05) is 0 Å². The van der Waals surface area contributed by atoms with Crippen LogP contribution in [0, 0.1) is 17.5 Å². The summed E-state index contributed by atoms with van der Waals surface area (Å²) in [6, 6.07) is -0.756. The average molecular weight is 277 g/mol. The lowest BCUT2D eigenvalue weighted by Crippen LogP contribution is -2.35. The first-order valence-corrected chi connectivity index (χ1v) is 5.54. The minimum atomic E-state index is -1.24. The minimum Gasteiger partial charge on any atom is -0.491 e. The first-order chi connectivity index (χ1) is 8.92. The van der Waals surface area contributed by atoms with Crippen molar-refractivity contribution >= 4 is 5.97 Å². The Morgan fingerprint density at radius 3 is 2.53 bits per heavy atom. The molecule has 0 spiro atoms. The van der Waals surface area contributed by atoms with Gasteiger partial charge in [0.05, 0.1) is 13.7 Å². The molecule has 0 aliphatic rings. The van der Waals surface area contributed by atoms with Gasteiger partial charge in [0, 0.05) is 18.1 Å². The van der Waals surface area contributed by atoms with Gasteiger partial charge in [-0.05, 0) is 6.92 Å². The van der Waals surface area contributed by atoms with Crippen LogP contribution < -0.4 is 10.5 Å². The van der Waals surface area contributed by atoms with Crippen LogP contribution in [-0.2, 0) is 16.0 Å². The van der Waals surface area contributed by atoms with Crippen LogP contribution in [0.5, 0.6) is 5.75 Å². The first kappa shape index (κ1) is 15.3. The van der Waals surface area contributed by atoms with Crippen LogP contribution in [-0.4, -0.2) is 25.7 Å². The minimum absolute atomic E-state index is 0.101. The lowest BCUT2D eigenvalue weighted by Gasteiger charge is -2.13. The normalized spacial score (nSPS) is 12.1. The highest BCUT2D eigenvalue weighted by Gasteiger charge is 2.24. The van der Waals surface area contributed by atoms with E-state index in [1.54, 1.807) is 6.92 Å². The molecule has 0 aliphatic heterocycles. The Hall–Kier alpha value is -1.76. The van der Waals surface area contributed by atoms with Crippen molar-refractivity contribution in [1.82, 2.24) is 0 Å². The Morgan fingerprint density at radius 2 is 2.00 bits per heavy atom. The Balaban J connectivity index is 3.04. The fourth-order valence-electron chi connectivity index (χ4n) is 1.54. The highest BCUT2D eigenvalue weighted by Crippen LogP contribution is 2.27. The lowest BCUT2D eigenvalue weighted by atomic mass is 10.0. The van der Waals surface area contributed by atoms with Gasteiger partial charge < -0.3 is 15.2 Å². The zero-order chi connectivity index (χ0) is 14.6. The number of halogens is 3. The van der Waals surface area contributed by atoms with Gasteiger partial charge in [-0.1, -0.05) is 0 Å². The zero-order valence-electron chi connectivity index (χ0n) is 10.5. The molecule has 0 fully saturated rings. The van der Waals surface area contributed by atoms with E-state index in [-0.39, 0.29) is 6.61 Å². The molecule has 7 heteroatoms. The fourth-order valence-corrected chi connectivity index (χ4v) is 1.54. The quantitative estimate of drug-likeness (QED) is 0.829. The molecule has 4 nitrogen and oxygen atoms in total. The van der Waals surface area contributed by atoms with Crippen LogP contribution in [0.1, 0.15) is 12.5 Å². The van der Waals surface area contributed by atoms with E-state index in [2.05, 4.69) is 9.47 Å². The summed E-state index contributed by atoms with van der Waals surface area (Å²) in [5, 5.41) is 0. The van der Waals surface area contributed by atoms with Crippen LogP contribution in [0.4, 0.5) is 13.2 Å². The fraction of sp³-hybridized carbons (Fsp3) is 0.417. The molecule has 1 unspecified atom stereocenters. The van der Waals surface area contributed by atoms with Crippen LogP contribution in [0.25, 0.3) is 0 Å². The lowest BCUT2D eigenvalue weighted by molar-refractivity contribution is -0.144. The Kier molecular flexibility index (Phi) is 5.17. The summed E-state index contributed by atoms with van der Waals surface area (Å²) in [7, 11) is 1.05. The number of esters is 1. The molecule has 0 heterocycles. The van der Waals surface area contributed by atoms with Gasteiger partial charge in [-0.15, -0.1) is 0 Å². The molecule has 0 aliphatic carbocycles. The second-order valence-electron chi connectivity index (χ2n) is 3.73. The van der Waals surface area contributed by atoms with E-state index in [9.17, 15) is 18.0 Å². The third kappa shape index (κ3) is 3.37. The van der Waals surface area contributed by atoms with Gasteiger partial charge in [0.25, 0.3) is 0 Å². The van der Waals surface area contributed by atoms with Crippen molar-refractivity contribution in [3.8, 4) is 5.75 Å². The number of carbonyl (C=O) groups excluding carboxylic acids is 1. The van der Waals surface area contributed by atoms with Gasteiger partial charge in [-0.25, -0.2) is 13.2 Å². The topological polar surface area (TPSA) is 61.5 Å². The van der Waals surface area contributed by atoms with Crippen molar-refractivity contribution in [3.63, 3.8) is 0 Å². The molecule has 1 atom stereocenters. The molecule has 1 aromatic carbocycles. The van der Waals surface area contributed by atoms with Gasteiger partial charge >= 0.3 is 5.97 Å². The standard InChI is InChI=1S/C12H14F3NO3/c1-3-19-12(17)9(16)4-6-7(13)5-8(14)11(18-2)10(6)15/h5,9H,3-4,16H2,1-2H3. The van der Waals surface area contributed by atoms with Gasteiger partial charge in [0.1, 0.15) is 11.9 Å². The number of hydrogen-bond acceptors (Lipinski definition) is 4. The van der Waals surface area contributed by atoms with Crippen LogP contribution >= 0.6 is 0 Å². The molecule has 0 bridgehead atoms. The summed E-state index contributed by atoms with van der Waals surface area (Å²) in [4.78, 5) is 11.3. The monoisotopic (exact) mass is 277 g/mol. The predicted molar refractivity (Wildman–Crippen MR) is 61.2 cm³/mol. The van der Waals surface area contributed by atoms with Gasteiger partial charge in [0.15, 0.2) is 17.4 Å². The molecule has 0 saturated heterocycles. The molecule has 19 heavy (non-hydrogen) atoms. The molecule has 1 rings (SSSR count). The van der Waals surface area contributed by atoms with Gasteiger partial charge in [-0.3, -0.25) is 4.79 Å². The number of hydrogen-bond donors (Lipinski definition) is 1. The van der Waals surface area contributed by atoms with Gasteiger partial charge in [-0.2, -0.15) is 0 Å². The third-order valence-electron chi connectivity index (χ3n) is 2.44. The average Bonchev–Trinajstić information content (AvgIpc) is 2.34. The Morgan fingerprint density at radius 1 is 1.37 bits per heavy atom. The highest BCUT2D eigenvalue weighted by atomic mass is 19.1. The van der Waals surface area contributed by atoms with Crippen molar-refractivity contribution in [2.75, 3.05) is 13.7 Å². The van der Waals surface area contributed by atoms with E-state index < -0.39 is 47.2 Å². The summed E-state index contributed by atoms with van der Waals surface area (Å²) in [5.74, 6) is -5.00. The SMILES string of the molecule is CCOC(=O)C(N)Cc1c(F)cc(F)c(OC)c1F. The maximum Gasteiger partial charge on any atom is 0.323 e. The van der Waals surface area contributed by atoms with E-state index in [0.717, 1.165) is 7.11 Å². The van der Waals surface area contributed by atoms with Crippen molar-refractivity contribution < 1.29 is 27.4 Å². The number of methoxy groups -OCH3 is 1. The van der Waals surface area contributed by atoms with Crippen molar-refractivity contribution in [2.45, 2.75) is 19.4 Å². The largest absolute Gasteiger partial charge is 0.491 e. The van der Waals surface area contributed by atoms with Crippen LogP contribution in [0.15, 0.2) is 6.07 Å². The van der Waals surface area contributed by atoms with Crippen molar-refractivity contribution in [1.29, 1.82) is 0 Å². The van der Waals surface area contributed by atoms with Crippen LogP contribution in [0.3, 0.4) is 0 Å². The van der Waals surface area contributed by atoms with Gasteiger partial charge in [0.2, 0.25) is 0 Å². The molecule has 106 valence electrons. The molecule has 0 radical (unpaired) electrons. The maximum absolute atomic E-state index is 13.8.